The molecule has 0 atom stereocenters. The number of hydrogen-bond acceptors (Lipinski definition) is 6. The first-order chi connectivity index (χ1) is 15.6. The first-order valence-corrected chi connectivity index (χ1v) is 10.9. The topological polar surface area (TPSA) is 111 Å². The smallest absolute Gasteiger partial charge is 0.338 e. The van der Waals surface area contributed by atoms with Crippen molar-refractivity contribution in [3.8, 4) is 0 Å². The molecule has 2 aromatic carbocycles. The van der Waals surface area contributed by atoms with Crippen LogP contribution in [0.15, 0.2) is 42.5 Å². The molecule has 2 amide bonds. The lowest BCUT2D eigenvalue weighted by Gasteiger charge is -2.09. The van der Waals surface area contributed by atoms with E-state index in [0.29, 0.717) is 28.6 Å². The van der Waals surface area contributed by atoms with Gasteiger partial charge in [-0.25, -0.2) is 4.79 Å². The molecule has 2 rings (SSSR count). The molecule has 2 N–H and O–H groups in total. The third-order valence-electron chi connectivity index (χ3n) is 4.08. The Hall–Kier alpha value is -3.10. The molecule has 0 unspecified atom stereocenters. The first kappa shape index (κ1) is 26.2. The summed E-state index contributed by atoms with van der Waals surface area (Å²) >= 11 is 11.8. The molecule has 0 bridgehead atoms. The van der Waals surface area contributed by atoms with Crippen molar-refractivity contribution < 1.29 is 28.7 Å². The van der Waals surface area contributed by atoms with Crippen molar-refractivity contribution in [3.05, 3.63) is 58.1 Å². The van der Waals surface area contributed by atoms with E-state index in [4.69, 9.17) is 32.7 Å². The van der Waals surface area contributed by atoms with Crippen LogP contribution in [-0.2, 0) is 23.9 Å². The van der Waals surface area contributed by atoms with Gasteiger partial charge in [-0.1, -0.05) is 37.0 Å². The van der Waals surface area contributed by atoms with Crippen LogP contribution in [0.5, 0.6) is 0 Å². The Morgan fingerprint density at radius 1 is 0.879 bits per heavy atom. The van der Waals surface area contributed by atoms with Crippen LogP contribution in [0.25, 0.3) is 0 Å². The number of carbonyl (C=O) groups excluding carboxylic acids is 4. The molecule has 10 heteroatoms. The van der Waals surface area contributed by atoms with Crippen molar-refractivity contribution in [3.63, 3.8) is 0 Å². The predicted molar refractivity (Wildman–Crippen MR) is 125 cm³/mol. The Balaban J connectivity index is 1.71. The van der Waals surface area contributed by atoms with Gasteiger partial charge in [0.05, 0.1) is 29.3 Å². The lowest BCUT2D eigenvalue weighted by Crippen LogP contribution is -2.22. The second-order valence-electron chi connectivity index (χ2n) is 7.45. The van der Waals surface area contributed by atoms with E-state index in [1.54, 1.807) is 18.2 Å². The molecule has 0 aromatic heterocycles. The van der Waals surface area contributed by atoms with Crippen LogP contribution in [0.1, 0.15) is 37.0 Å². The standard InChI is InChI=1S/C23H24Cl2N2O6/c1-14(2)12-33-23(31)15-3-6-17(7-4-15)26-20(28)9-10-22(30)32-13-21(29)27-19-11-16(24)5-8-18(19)25/h3-8,11,14H,9-10,12-13H2,1-2H3,(H,26,28)(H,27,29). The van der Waals surface area contributed by atoms with Crippen molar-refractivity contribution in [1.29, 1.82) is 0 Å². The molecule has 0 saturated carbocycles. The van der Waals surface area contributed by atoms with Gasteiger partial charge in [0.25, 0.3) is 5.91 Å². The van der Waals surface area contributed by atoms with E-state index in [1.807, 2.05) is 13.8 Å². The summed E-state index contributed by atoms with van der Waals surface area (Å²) < 4.78 is 10.0. The lowest BCUT2D eigenvalue weighted by molar-refractivity contribution is -0.147. The number of benzene rings is 2. The van der Waals surface area contributed by atoms with Gasteiger partial charge < -0.3 is 20.1 Å². The molecular weight excluding hydrogens is 471 g/mol. The second-order valence-corrected chi connectivity index (χ2v) is 8.29. The fraction of sp³-hybridized carbons (Fsp3) is 0.304. The van der Waals surface area contributed by atoms with Gasteiger partial charge in [0.15, 0.2) is 6.61 Å². The number of anilines is 2. The maximum Gasteiger partial charge on any atom is 0.338 e. The van der Waals surface area contributed by atoms with E-state index in [1.165, 1.54) is 24.3 Å². The van der Waals surface area contributed by atoms with Crippen LogP contribution in [0, 0.1) is 5.92 Å². The molecule has 0 aliphatic heterocycles. The number of carbonyl (C=O) groups is 4. The Kier molecular flexibility index (Phi) is 10.2. The van der Waals surface area contributed by atoms with Crippen LogP contribution in [-0.4, -0.2) is 37.0 Å². The molecular formula is C23H24Cl2N2O6. The van der Waals surface area contributed by atoms with Crippen molar-refractivity contribution in [2.24, 2.45) is 5.92 Å². The minimum absolute atomic E-state index is 0.140. The summed E-state index contributed by atoms with van der Waals surface area (Å²) in [6.07, 6.45) is -0.352. The number of ether oxygens (including phenoxy) is 2. The van der Waals surface area contributed by atoms with Gasteiger partial charge in [0, 0.05) is 17.1 Å². The van der Waals surface area contributed by atoms with Gasteiger partial charge in [0.1, 0.15) is 0 Å². The third-order valence-corrected chi connectivity index (χ3v) is 4.64. The SMILES string of the molecule is CC(C)COC(=O)c1ccc(NC(=O)CCC(=O)OCC(=O)Nc2cc(Cl)ccc2Cl)cc1. The van der Waals surface area contributed by atoms with Crippen LogP contribution in [0.2, 0.25) is 10.0 Å². The summed E-state index contributed by atoms with van der Waals surface area (Å²) in [4.78, 5) is 47.7. The highest BCUT2D eigenvalue weighted by Gasteiger charge is 2.13. The molecule has 0 saturated heterocycles. The van der Waals surface area contributed by atoms with Crippen molar-refractivity contribution >= 4 is 58.3 Å². The maximum atomic E-state index is 12.0. The minimum atomic E-state index is -0.708. The van der Waals surface area contributed by atoms with Gasteiger partial charge >= 0.3 is 11.9 Å². The number of esters is 2. The zero-order valence-corrected chi connectivity index (χ0v) is 19.7. The summed E-state index contributed by atoms with van der Waals surface area (Å²) in [6, 6.07) is 10.8. The summed E-state index contributed by atoms with van der Waals surface area (Å²) in [6.45, 7) is 3.67. The summed E-state index contributed by atoms with van der Waals surface area (Å²) in [5.74, 6) is -1.93. The number of amides is 2. The average molecular weight is 495 g/mol. The van der Waals surface area contributed by atoms with E-state index in [2.05, 4.69) is 10.6 Å². The maximum absolute atomic E-state index is 12.0. The molecule has 0 aliphatic rings. The van der Waals surface area contributed by atoms with Crippen molar-refractivity contribution in [1.82, 2.24) is 0 Å². The Labute approximate surface area is 201 Å². The van der Waals surface area contributed by atoms with Gasteiger partial charge in [-0.15, -0.1) is 0 Å². The average Bonchev–Trinajstić information content (AvgIpc) is 2.77. The van der Waals surface area contributed by atoms with Crippen LogP contribution >= 0.6 is 23.2 Å². The van der Waals surface area contributed by atoms with E-state index < -0.39 is 30.4 Å². The highest BCUT2D eigenvalue weighted by Crippen LogP contribution is 2.25. The normalized spacial score (nSPS) is 10.5. The van der Waals surface area contributed by atoms with E-state index in [-0.39, 0.29) is 23.8 Å². The van der Waals surface area contributed by atoms with Gasteiger partial charge in [-0.3, -0.25) is 14.4 Å². The predicted octanol–water partition coefficient (Wildman–Crippen LogP) is 4.71. The highest BCUT2D eigenvalue weighted by molar-refractivity contribution is 6.35. The van der Waals surface area contributed by atoms with Gasteiger partial charge in [-0.2, -0.15) is 0 Å². The molecule has 0 heterocycles. The zero-order chi connectivity index (χ0) is 24.4. The molecule has 0 aliphatic carbocycles. The van der Waals surface area contributed by atoms with Gasteiger partial charge in [0.2, 0.25) is 5.91 Å². The highest BCUT2D eigenvalue weighted by atomic mass is 35.5. The van der Waals surface area contributed by atoms with Crippen LogP contribution < -0.4 is 10.6 Å². The Morgan fingerprint density at radius 3 is 2.24 bits per heavy atom. The largest absolute Gasteiger partial charge is 0.462 e. The fourth-order valence-electron chi connectivity index (χ4n) is 2.45. The fourth-order valence-corrected chi connectivity index (χ4v) is 2.79. The molecule has 8 nitrogen and oxygen atoms in total. The molecule has 0 fully saturated rings. The number of halogens is 2. The summed E-state index contributed by atoms with van der Waals surface area (Å²) in [5, 5.41) is 5.78. The number of rotatable bonds is 10. The minimum Gasteiger partial charge on any atom is -0.462 e. The molecule has 0 radical (unpaired) electrons. The van der Waals surface area contributed by atoms with Crippen LogP contribution in [0.3, 0.4) is 0 Å². The van der Waals surface area contributed by atoms with E-state index in [0.717, 1.165) is 0 Å². The van der Waals surface area contributed by atoms with Crippen molar-refractivity contribution in [2.75, 3.05) is 23.8 Å². The molecule has 176 valence electrons. The second kappa shape index (κ2) is 12.8. The Morgan fingerprint density at radius 2 is 1.58 bits per heavy atom. The summed E-state index contributed by atoms with van der Waals surface area (Å²) in [5.41, 5.74) is 1.13. The van der Waals surface area contributed by atoms with E-state index >= 15 is 0 Å². The monoisotopic (exact) mass is 494 g/mol. The van der Waals surface area contributed by atoms with E-state index in [9.17, 15) is 19.2 Å². The number of hydrogen-bond donors (Lipinski definition) is 2. The van der Waals surface area contributed by atoms with Crippen molar-refractivity contribution in [2.45, 2.75) is 26.7 Å². The zero-order valence-electron chi connectivity index (χ0n) is 18.2. The van der Waals surface area contributed by atoms with Crippen LogP contribution in [0.4, 0.5) is 11.4 Å². The molecule has 33 heavy (non-hydrogen) atoms. The third kappa shape index (κ3) is 9.51. The molecule has 0 spiro atoms. The molecule has 2 aromatic rings. The first-order valence-electron chi connectivity index (χ1n) is 10.1. The summed E-state index contributed by atoms with van der Waals surface area (Å²) in [7, 11) is 0. The Bertz CT molecular complexity index is 1010. The lowest BCUT2D eigenvalue weighted by atomic mass is 10.2. The number of nitrogens with one attached hydrogen (secondary N) is 2. The quantitative estimate of drug-likeness (QED) is 0.462. The van der Waals surface area contributed by atoms with Gasteiger partial charge in [-0.05, 0) is 48.4 Å².